The van der Waals surface area contributed by atoms with Gasteiger partial charge in [-0.1, -0.05) is 68.2 Å². The number of aryl methyl sites for hydroxylation is 1. The quantitative estimate of drug-likeness (QED) is 0.0338. The van der Waals surface area contributed by atoms with Crippen molar-refractivity contribution in [3.63, 3.8) is 0 Å². The molecule has 0 heterocycles. The number of carbonyl (C=O) groups excluding carboxylic acids is 2. The number of nitrogens with zero attached hydrogens (tertiary/aromatic N) is 1. The van der Waals surface area contributed by atoms with Gasteiger partial charge in [0.2, 0.25) is 0 Å². The van der Waals surface area contributed by atoms with E-state index in [1.807, 2.05) is 74.7 Å². The minimum atomic E-state index is -1.33. The van der Waals surface area contributed by atoms with Gasteiger partial charge >= 0.3 is 5.97 Å². The van der Waals surface area contributed by atoms with Gasteiger partial charge in [0.05, 0.1) is 27.5 Å². The van der Waals surface area contributed by atoms with Crippen molar-refractivity contribution >= 4 is 31.6 Å². The lowest BCUT2D eigenvalue weighted by molar-refractivity contribution is -0.160. The molecule has 0 unspecified atom stereocenters. The van der Waals surface area contributed by atoms with E-state index in [1.54, 1.807) is 31.7 Å². The van der Waals surface area contributed by atoms with E-state index in [1.165, 1.54) is 5.56 Å². The lowest BCUT2D eigenvalue weighted by Gasteiger charge is -2.30. The molecule has 0 aliphatic rings. The number of carbonyl (C=O) groups is 2. The molecule has 0 aromatic heterocycles. The molecule has 0 amide bonds. The lowest BCUT2D eigenvalue weighted by Crippen LogP contribution is -2.42. The Morgan fingerprint density at radius 3 is 2.30 bits per heavy atom. The zero-order valence-corrected chi connectivity index (χ0v) is 30.6. The molecule has 0 saturated heterocycles. The van der Waals surface area contributed by atoms with Gasteiger partial charge in [0.15, 0.2) is 11.4 Å². The third-order valence-electron chi connectivity index (χ3n) is 7.34. The van der Waals surface area contributed by atoms with Crippen LogP contribution in [-0.4, -0.2) is 62.2 Å². The molecule has 0 N–H and O–H groups in total. The first-order valence-electron chi connectivity index (χ1n) is 15.9. The van der Waals surface area contributed by atoms with E-state index in [-0.39, 0.29) is 18.5 Å². The van der Waals surface area contributed by atoms with Crippen molar-refractivity contribution in [3.8, 4) is 5.75 Å². The van der Waals surface area contributed by atoms with Gasteiger partial charge in [-0.2, -0.15) is 0 Å². The van der Waals surface area contributed by atoms with Crippen molar-refractivity contribution in [2.45, 2.75) is 83.3 Å². The van der Waals surface area contributed by atoms with Gasteiger partial charge in [-0.25, -0.2) is 4.79 Å². The molecular formula is C38H51NO5SSi. The third-order valence-corrected chi connectivity index (χ3v) is 9.48. The summed E-state index contributed by atoms with van der Waals surface area (Å²) in [7, 11) is -1.33. The molecule has 0 spiro atoms. The van der Waals surface area contributed by atoms with E-state index in [4.69, 9.17) is 14.2 Å². The van der Waals surface area contributed by atoms with Crippen LogP contribution in [-0.2, 0) is 27.2 Å². The predicted octanol–water partition coefficient (Wildman–Crippen LogP) is 8.53. The minimum absolute atomic E-state index is 0.0161. The van der Waals surface area contributed by atoms with E-state index < -0.39 is 19.6 Å². The monoisotopic (exact) mass is 661 g/mol. The Hall–Kier alpha value is -3.17. The van der Waals surface area contributed by atoms with E-state index >= 15 is 0 Å². The van der Waals surface area contributed by atoms with Crippen molar-refractivity contribution in [3.05, 3.63) is 107 Å². The van der Waals surface area contributed by atoms with Gasteiger partial charge in [0.25, 0.3) is 0 Å². The zero-order chi connectivity index (χ0) is 33.7. The van der Waals surface area contributed by atoms with E-state index in [2.05, 4.69) is 48.8 Å². The summed E-state index contributed by atoms with van der Waals surface area (Å²) in [6, 6.07) is 23.9. The first kappa shape index (κ1) is 37.3. The molecule has 0 radical (unpaired) electrons. The minimum Gasteiger partial charge on any atom is -0.476 e. The molecule has 3 aromatic rings. The fourth-order valence-corrected chi connectivity index (χ4v) is 6.84. The average molecular weight is 662 g/mol. The molecule has 0 aliphatic heterocycles. The van der Waals surface area contributed by atoms with Crippen molar-refractivity contribution in [1.82, 2.24) is 4.90 Å². The van der Waals surface area contributed by atoms with Crippen LogP contribution in [0.5, 0.6) is 5.75 Å². The highest BCUT2D eigenvalue weighted by Gasteiger charge is 2.32. The Balaban J connectivity index is 1.45. The number of ether oxygens (including phenoxy) is 3. The van der Waals surface area contributed by atoms with Crippen LogP contribution in [0.15, 0.2) is 89.8 Å². The van der Waals surface area contributed by atoms with Crippen molar-refractivity contribution in [2.75, 3.05) is 25.8 Å². The van der Waals surface area contributed by atoms with Crippen molar-refractivity contribution in [2.24, 2.45) is 0 Å². The van der Waals surface area contributed by atoms with E-state index in [0.29, 0.717) is 30.9 Å². The molecule has 0 saturated carbocycles. The molecule has 0 bridgehead atoms. The maximum atomic E-state index is 13.0. The Bertz CT molecular complexity index is 1430. The third kappa shape index (κ3) is 12.9. The zero-order valence-electron chi connectivity index (χ0n) is 28.8. The second-order valence-corrected chi connectivity index (χ2v) is 19.8. The number of benzene rings is 3. The predicted molar refractivity (Wildman–Crippen MR) is 192 cm³/mol. The second-order valence-electron chi connectivity index (χ2n) is 13.5. The highest BCUT2D eigenvalue weighted by molar-refractivity contribution is 7.98. The topological polar surface area (TPSA) is 65.1 Å². The average Bonchev–Trinajstić information content (AvgIpc) is 3.01. The van der Waals surface area contributed by atoms with Crippen LogP contribution in [0.3, 0.4) is 0 Å². The van der Waals surface area contributed by atoms with Crippen molar-refractivity contribution in [1.29, 1.82) is 0 Å². The summed E-state index contributed by atoms with van der Waals surface area (Å²) < 4.78 is 17.9. The fourth-order valence-electron chi connectivity index (χ4n) is 4.89. The van der Waals surface area contributed by atoms with Crippen LogP contribution in [0, 0.1) is 6.92 Å². The van der Waals surface area contributed by atoms with Crippen LogP contribution in [0.1, 0.15) is 54.2 Å². The maximum Gasteiger partial charge on any atom is 0.349 e. The Kier molecular flexibility index (Phi) is 14.3. The number of esters is 1. The number of hydrogen-bond acceptors (Lipinski definition) is 7. The molecule has 6 nitrogen and oxygen atoms in total. The summed E-state index contributed by atoms with van der Waals surface area (Å²) in [5.41, 5.74) is 2.75. The molecular weight excluding hydrogens is 611 g/mol. The molecule has 3 rings (SSSR count). The van der Waals surface area contributed by atoms with E-state index in [9.17, 15) is 9.59 Å². The van der Waals surface area contributed by atoms with Crippen LogP contribution >= 0.6 is 11.8 Å². The Morgan fingerprint density at radius 2 is 1.67 bits per heavy atom. The number of hydrogen-bond donors (Lipinski definition) is 0. The normalized spacial score (nSPS) is 12.8. The molecule has 0 aliphatic carbocycles. The summed E-state index contributed by atoms with van der Waals surface area (Å²) in [5.74, 6) is 0.189. The molecule has 0 fully saturated rings. The summed E-state index contributed by atoms with van der Waals surface area (Å²) in [6.07, 6.45) is 7.70. The first-order chi connectivity index (χ1) is 21.8. The van der Waals surface area contributed by atoms with Gasteiger partial charge in [0.1, 0.15) is 5.75 Å². The SMILES string of the molecule is CSc1ccc(C(=O)/C=C/Cc2ccc(OC(C)(C)C(=O)OCC[C@H](C)OCN(Cc3ccccc3)C[Si](C)(C)C)c(C)c2)cc1. The highest BCUT2D eigenvalue weighted by atomic mass is 32.2. The molecule has 3 aromatic carbocycles. The highest BCUT2D eigenvalue weighted by Crippen LogP contribution is 2.25. The first-order valence-corrected chi connectivity index (χ1v) is 20.9. The maximum absolute atomic E-state index is 13.0. The Labute approximate surface area is 281 Å². The summed E-state index contributed by atoms with van der Waals surface area (Å²) in [6.45, 7) is 16.1. The summed E-state index contributed by atoms with van der Waals surface area (Å²) >= 11 is 1.65. The van der Waals surface area contributed by atoms with Gasteiger partial charge < -0.3 is 14.2 Å². The standard InChI is InChI=1S/C38H51NO5SSi/c1-29-25-31(15-12-16-35(40)33-18-20-34(45-5)21-19-33)17-22-36(29)44-38(3,4)37(41)42-24-23-30(2)43-27-39(28-46(6,7)8)26-32-13-10-9-11-14-32/h9-14,16-22,25,30H,15,23-24,26-28H2,1-8H3/b16-12+/t30-/m0/s1. The second kappa shape index (κ2) is 17.7. The molecule has 8 heteroatoms. The van der Waals surface area contributed by atoms with Gasteiger partial charge in [-0.05, 0) is 99.6 Å². The fraction of sp³-hybridized carbons (Fsp3) is 0.421. The van der Waals surface area contributed by atoms with Gasteiger partial charge in [-0.15, -0.1) is 11.8 Å². The van der Waals surface area contributed by atoms with Gasteiger partial charge in [-0.3, -0.25) is 9.69 Å². The number of allylic oxidation sites excluding steroid dienone is 2. The number of rotatable bonds is 18. The molecule has 46 heavy (non-hydrogen) atoms. The van der Waals surface area contributed by atoms with E-state index in [0.717, 1.165) is 28.7 Å². The Morgan fingerprint density at radius 1 is 0.978 bits per heavy atom. The number of thioether (sulfide) groups is 1. The van der Waals surface area contributed by atoms with Gasteiger partial charge in [0, 0.05) is 23.4 Å². The van der Waals surface area contributed by atoms with Crippen molar-refractivity contribution < 1.29 is 23.8 Å². The van der Waals surface area contributed by atoms with Crippen LogP contribution in [0.25, 0.3) is 0 Å². The van der Waals surface area contributed by atoms with Crippen LogP contribution < -0.4 is 4.74 Å². The van der Waals surface area contributed by atoms with Crippen LogP contribution in [0.4, 0.5) is 0 Å². The smallest absolute Gasteiger partial charge is 0.349 e. The molecule has 248 valence electrons. The summed E-state index contributed by atoms with van der Waals surface area (Å²) in [4.78, 5) is 29.0. The number of ketones is 1. The molecule has 1 atom stereocenters. The largest absolute Gasteiger partial charge is 0.476 e. The lowest BCUT2D eigenvalue weighted by atomic mass is 10.1. The van der Waals surface area contributed by atoms with Crippen LogP contribution in [0.2, 0.25) is 19.6 Å². The summed E-state index contributed by atoms with van der Waals surface area (Å²) in [5, 5.41) is 0.